The monoisotopic (exact) mass is 250 g/mol. The Hall–Kier alpha value is -2.62. The Labute approximate surface area is 111 Å². The Morgan fingerprint density at radius 2 is 1.79 bits per heavy atom. The van der Waals surface area contributed by atoms with Crippen molar-refractivity contribution >= 4 is 5.69 Å². The van der Waals surface area contributed by atoms with Crippen LogP contribution in [0.25, 0.3) is 11.5 Å². The van der Waals surface area contributed by atoms with Crippen LogP contribution in [-0.4, -0.2) is 14.5 Å². The van der Waals surface area contributed by atoms with E-state index in [2.05, 4.69) is 9.97 Å². The van der Waals surface area contributed by atoms with Gasteiger partial charge in [0.05, 0.1) is 6.54 Å². The highest BCUT2D eigenvalue weighted by atomic mass is 15.1. The second-order valence-electron chi connectivity index (χ2n) is 4.29. The number of pyridine rings is 1. The fraction of sp³-hybridized carbons (Fsp3) is 0.0667. The van der Waals surface area contributed by atoms with Crippen LogP contribution in [0.5, 0.6) is 0 Å². The van der Waals surface area contributed by atoms with Crippen LogP contribution in [0.3, 0.4) is 0 Å². The van der Waals surface area contributed by atoms with E-state index in [-0.39, 0.29) is 0 Å². The minimum atomic E-state index is 0.693. The lowest BCUT2D eigenvalue weighted by molar-refractivity contribution is 0.805. The lowest BCUT2D eigenvalue weighted by Gasteiger charge is -2.09. The molecule has 0 amide bonds. The van der Waals surface area contributed by atoms with Gasteiger partial charge in [0, 0.05) is 24.3 Å². The van der Waals surface area contributed by atoms with Crippen LogP contribution in [0.15, 0.2) is 61.1 Å². The molecule has 0 bridgehead atoms. The van der Waals surface area contributed by atoms with Gasteiger partial charge >= 0.3 is 0 Å². The third-order valence-electron chi connectivity index (χ3n) is 3.01. The van der Waals surface area contributed by atoms with Crippen molar-refractivity contribution in [1.29, 1.82) is 0 Å². The molecule has 0 aliphatic heterocycles. The summed E-state index contributed by atoms with van der Waals surface area (Å²) >= 11 is 0. The van der Waals surface area contributed by atoms with E-state index in [0.717, 1.165) is 22.8 Å². The molecule has 0 aliphatic rings. The first-order chi connectivity index (χ1) is 9.34. The first-order valence-corrected chi connectivity index (χ1v) is 6.10. The Morgan fingerprint density at radius 3 is 2.58 bits per heavy atom. The number of nitrogen functional groups attached to an aromatic ring is 1. The summed E-state index contributed by atoms with van der Waals surface area (Å²) in [6, 6.07) is 13.7. The SMILES string of the molecule is Nc1ccccc1Cn1ccnc1-c1ccccn1. The minimum absolute atomic E-state index is 0.693. The molecule has 94 valence electrons. The number of rotatable bonds is 3. The van der Waals surface area contributed by atoms with Crippen molar-refractivity contribution in [3.8, 4) is 11.5 Å². The predicted molar refractivity (Wildman–Crippen MR) is 75.4 cm³/mol. The normalized spacial score (nSPS) is 10.5. The summed E-state index contributed by atoms with van der Waals surface area (Å²) in [7, 11) is 0. The molecule has 0 unspecified atom stereocenters. The first-order valence-electron chi connectivity index (χ1n) is 6.10. The number of nitrogens with zero attached hydrogens (tertiary/aromatic N) is 3. The molecule has 0 saturated carbocycles. The smallest absolute Gasteiger partial charge is 0.158 e. The van der Waals surface area contributed by atoms with Crippen LogP contribution >= 0.6 is 0 Å². The summed E-state index contributed by atoms with van der Waals surface area (Å²) in [5.74, 6) is 0.851. The van der Waals surface area contributed by atoms with Crippen LogP contribution in [0.4, 0.5) is 5.69 Å². The second kappa shape index (κ2) is 4.94. The number of hydrogen-bond donors (Lipinski definition) is 1. The number of anilines is 1. The zero-order valence-corrected chi connectivity index (χ0v) is 10.4. The average Bonchev–Trinajstić information content (AvgIpc) is 2.91. The predicted octanol–water partition coefficient (Wildman–Crippen LogP) is 2.58. The van der Waals surface area contributed by atoms with Crippen LogP contribution in [0.2, 0.25) is 0 Å². The lowest BCUT2D eigenvalue weighted by Crippen LogP contribution is -2.04. The fourth-order valence-electron chi connectivity index (χ4n) is 2.03. The molecule has 0 fully saturated rings. The molecule has 4 nitrogen and oxygen atoms in total. The molecule has 0 radical (unpaired) electrons. The van der Waals surface area contributed by atoms with Crippen molar-refractivity contribution in [2.45, 2.75) is 6.54 Å². The Morgan fingerprint density at radius 1 is 0.947 bits per heavy atom. The molecule has 0 saturated heterocycles. The highest BCUT2D eigenvalue weighted by Crippen LogP contribution is 2.18. The summed E-state index contributed by atoms with van der Waals surface area (Å²) in [5, 5.41) is 0. The minimum Gasteiger partial charge on any atom is -0.398 e. The maximum Gasteiger partial charge on any atom is 0.158 e. The van der Waals surface area contributed by atoms with Gasteiger partial charge in [-0.3, -0.25) is 4.98 Å². The van der Waals surface area contributed by atoms with Crippen molar-refractivity contribution in [2.75, 3.05) is 5.73 Å². The Kier molecular flexibility index (Phi) is 2.98. The zero-order chi connectivity index (χ0) is 13.1. The molecule has 4 heteroatoms. The highest BCUT2D eigenvalue weighted by molar-refractivity contribution is 5.51. The number of para-hydroxylation sites is 1. The maximum absolute atomic E-state index is 5.98. The summed E-state index contributed by atoms with van der Waals surface area (Å²) in [6.45, 7) is 0.693. The molecular weight excluding hydrogens is 236 g/mol. The Balaban J connectivity index is 1.96. The highest BCUT2D eigenvalue weighted by Gasteiger charge is 2.08. The molecule has 2 N–H and O–H groups in total. The number of hydrogen-bond acceptors (Lipinski definition) is 3. The van der Waals surface area contributed by atoms with Crippen LogP contribution < -0.4 is 5.73 Å². The van der Waals surface area contributed by atoms with E-state index in [9.17, 15) is 0 Å². The van der Waals surface area contributed by atoms with E-state index < -0.39 is 0 Å². The lowest BCUT2D eigenvalue weighted by atomic mass is 10.2. The molecule has 3 aromatic rings. The van der Waals surface area contributed by atoms with Crippen molar-refractivity contribution < 1.29 is 0 Å². The summed E-state index contributed by atoms with van der Waals surface area (Å²) in [6.07, 6.45) is 5.49. The van der Waals surface area contributed by atoms with Crippen LogP contribution in [-0.2, 0) is 6.54 Å². The standard InChI is InChI=1S/C15H14N4/c16-13-6-2-1-5-12(13)11-19-10-9-18-15(19)14-7-3-4-8-17-14/h1-10H,11,16H2. The number of benzene rings is 1. The second-order valence-corrected chi connectivity index (χ2v) is 4.29. The molecule has 0 atom stereocenters. The topological polar surface area (TPSA) is 56.7 Å². The molecule has 0 spiro atoms. The summed E-state index contributed by atoms with van der Waals surface area (Å²) in [5.41, 5.74) is 8.72. The van der Waals surface area contributed by atoms with Crippen molar-refractivity contribution in [1.82, 2.24) is 14.5 Å². The van der Waals surface area contributed by atoms with Crippen LogP contribution in [0.1, 0.15) is 5.56 Å². The summed E-state index contributed by atoms with van der Waals surface area (Å²) in [4.78, 5) is 8.70. The van der Waals surface area contributed by atoms with Gasteiger partial charge in [-0.05, 0) is 23.8 Å². The maximum atomic E-state index is 5.98. The molecular formula is C15H14N4. The molecule has 3 rings (SSSR count). The van der Waals surface area contributed by atoms with E-state index in [1.165, 1.54) is 0 Å². The van der Waals surface area contributed by atoms with Gasteiger partial charge in [-0.15, -0.1) is 0 Å². The van der Waals surface area contributed by atoms with E-state index in [0.29, 0.717) is 6.54 Å². The van der Waals surface area contributed by atoms with E-state index in [1.54, 1.807) is 12.4 Å². The quantitative estimate of drug-likeness (QED) is 0.727. The van der Waals surface area contributed by atoms with Crippen molar-refractivity contribution in [2.24, 2.45) is 0 Å². The van der Waals surface area contributed by atoms with Crippen molar-refractivity contribution in [3.05, 3.63) is 66.6 Å². The van der Waals surface area contributed by atoms with Gasteiger partial charge in [0.2, 0.25) is 0 Å². The fourth-order valence-corrected chi connectivity index (χ4v) is 2.03. The van der Waals surface area contributed by atoms with Gasteiger partial charge in [0.15, 0.2) is 5.82 Å². The Bertz CT molecular complexity index is 673. The molecule has 2 heterocycles. The molecule has 2 aromatic heterocycles. The largest absolute Gasteiger partial charge is 0.398 e. The van der Waals surface area contributed by atoms with E-state index >= 15 is 0 Å². The van der Waals surface area contributed by atoms with E-state index in [1.807, 2.05) is 53.2 Å². The van der Waals surface area contributed by atoms with Gasteiger partial charge in [-0.1, -0.05) is 24.3 Å². The number of imidazole rings is 1. The molecule has 0 aliphatic carbocycles. The van der Waals surface area contributed by atoms with Gasteiger partial charge in [0.25, 0.3) is 0 Å². The summed E-state index contributed by atoms with van der Waals surface area (Å²) < 4.78 is 2.05. The van der Waals surface area contributed by atoms with Gasteiger partial charge < -0.3 is 10.3 Å². The average molecular weight is 250 g/mol. The number of aromatic nitrogens is 3. The van der Waals surface area contributed by atoms with Crippen LogP contribution in [0, 0.1) is 0 Å². The first kappa shape index (κ1) is 11.5. The molecule has 19 heavy (non-hydrogen) atoms. The third-order valence-corrected chi connectivity index (χ3v) is 3.01. The zero-order valence-electron chi connectivity index (χ0n) is 10.4. The third kappa shape index (κ3) is 2.33. The molecule has 1 aromatic carbocycles. The van der Waals surface area contributed by atoms with Gasteiger partial charge in [-0.25, -0.2) is 4.98 Å². The van der Waals surface area contributed by atoms with Crippen molar-refractivity contribution in [3.63, 3.8) is 0 Å². The van der Waals surface area contributed by atoms with Gasteiger partial charge in [-0.2, -0.15) is 0 Å². The van der Waals surface area contributed by atoms with Gasteiger partial charge in [0.1, 0.15) is 5.69 Å². The number of nitrogens with two attached hydrogens (primary N) is 1. The van der Waals surface area contributed by atoms with E-state index in [4.69, 9.17) is 5.73 Å².